The van der Waals surface area contributed by atoms with Crippen molar-refractivity contribution in [2.75, 3.05) is 5.32 Å². The number of hydrogen-bond donors (Lipinski definition) is 2. The van der Waals surface area contributed by atoms with Crippen LogP contribution in [0, 0.1) is 0 Å². The van der Waals surface area contributed by atoms with Crippen LogP contribution in [0.3, 0.4) is 0 Å². The molecule has 1 aromatic heterocycles. The maximum atomic E-state index is 12.2. The van der Waals surface area contributed by atoms with Crippen LogP contribution in [0.4, 0.5) is 5.95 Å². The Bertz CT molecular complexity index is 540. The maximum absolute atomic E-state index is 12.2. The molecule has 0 aliphatic carbocycles. The van der Waals surface area contributed by atoms with Gasteiger partial charge in [0.25, 0.3) is 5.91 Å². The van der Waals surface area contributed by atoms with Crippen LogP contribution in [0.2, 0.25) is 0 Å². The first-order valence-corrected chi connectivity index (χ1v) is 5.75. The van der Waals surface area contributed by atoms with Gasteiger partial charge < -0.3 is 0 Å². The lowest BCUT2D eigenvalue weighted by molar-refractivity contribution is 0.102. The number of hydrogen-bond acceptors (Lipinski definition) is 3. The lowest BCUT2D eigenvalue weighted by atomic mass is 9.83. The van der Waals surface area contributed by atoms with Crippen LogP contribution < -0.4 is 5.32 Å². The monoisotopic (exact) mass is 244 g/mol. The highest BCUT2D eigenvalue weighted by molar-refractivity contribution is 6.04. The smallest absolute Gasteiger partial charge is 0.258 e. The van der Waals surface area contributed by atoms with Crippen molar-refractivity contribution in [3.63, 3.8) is 0 Å². The molecule has 2 aromatic rings. The SMILES string of the molecule is CC(C)(C)c1ccccc1C(=O)Nc1ncn[nH]1. The molecule has 1 heterocycles. The number of carbonyl (C=O) groups is 1. The molecule has 5 nitrogen and oxygen atoms in total. The van der Waals surface area contributed by atoms with Gasteiger partial charge in [-0.05, 0) is 17.0 Å². The summed E-state index contributed by atoms with van der Waals surface area (Å²) in [5, 5.41) is 8.97. The molecule has 0 unspecified atom stereocenters. The first-order chi connectivity index (χ1) is 8.48. The van der Waals surface area contributed by atoms with Crippen molar-refractivity contribution in [3.8, 4) is 0 Å². The lowest BCUT2D eigenvalue weighted by Crippen LogP contribution is -2.21. The molecule has 0 radical (unpaired) electrons. The Morgan fingerprint density at radius 3 is 2.61 bits per heavy atom. The first-order valence-electron chi connectivity index (χ1n) is 5.75. The van der Waals surface area contributed by atoms with E-state index in [1.807, 2.05) is 24.3 Å². The lowest BCUT2D eigenvalue weighted by Gasteiger charge is -2.22. The zero-order valence-corrected chi connectivity index (χ0v) is 10.7. The number of aromatic nitrogens is 3. The Labute approximate surface area is 106 Å². The molecular formula is C13H16N4O. The molecule has 0 atom stereocenters. The molecule has 18 heavy (non-hydrogen) atoms. The highest BCUT2D eigenvalue weighted by Gasteiger charge is 2.21. The zero-order chi connectivity index (χ0) is 13.2. The third-order valence-corrected chi connectivity index (χ3v) is 2.63. The fourth-order valence-electron chi connectivity index (χ4n) is 1.78. The van der Waals surface area contributed by atoms with Gasteiger partial charge >= 0.3 is 0 Å². The van der Waals surface area contributed by atoms with Crippen molar-refractivity contribution in [2.45, 2.75) is 26.2 Å². The summed E-state index contributed by atoms with van der Waals surface area (Å²) < 4.78 is 0. The average molecular weight is 244 g/mol. The van der Waals surface area contributed by atoms with E-state index in [-0.39, 0.29) is 11.3 Å². The van der Waals surface area contributed by atoms with Gasteiger partial charge in [0.1, 0.15) is 6.33 Å². The van der Waals surface area contributed by atoms with Crippen molar-refractivity contribution in [3.05, 3.63) is 41.7 Å². The summed E-state index contributed by atoms with van der Waals surface area (Å²) in [4.78, 5) is 16.1. The highest BCUT2D eigenvalue weighted by Crippen LogP contribution is 2.25. The fourth-order valence-corrected chi connectivity index (χ4v) is 1.78. The standard InChI is InChI=1S/C13H16N4O/c1-13(2,3)10-7-5-4-6-9(10)11(18)16-12-14-8-15-17-12/h4-8H,1-3H3,(H2,14,15,16,17,18). The molecule has 0 aliphatic heterocycles. The van der Waals surface area contributed by atoms with E-state index in [1.54, 1.807) is 0 Å². The number of anilines is 1. The molecule has 2 rings (SSSR count). The Morgan fingerprint density at radius 1 is 1.28 bits per heavy atom. The molecule has 0 aliphatic rings. The van der Waals surface area contributed by atoms with E-state index in [4.69, 9.17) is 0 Å². The maximum Gasteiger partial charge on any atom is 0.258 e. The van der Waals surface area contributed by atoms with Crippen molar-refractivity contribution in [2.24, 2.45) is 0 Å². The summed E-state index contributed by atoms with van der Waals surface area (Å²) in [5.74, 6) is 0.168. The summed E-state index contributed by atoms with van der Waals surface area (Å²) in [7, 11) is 0. The number of nitrogens with zero attached hydrogens (tertiary/aromatic N) is 2. The minimum absolute atomic E-state index is 0.0879. The quantitative estimate of drug-likeness (QED) is 0.851. The van der Waals surface area contributed by atoms with Gasteiger partial charge in [0.05, 0.1) is 0 Å². The molecule has 0 saturated heterocycles. The number of H-pyrrole nitrogens is 1. The van der Waals surface area contributed by atoms with Gasteiger partial charge in [0, 0.05) is 5.56 Å². The summed E-state index contributed by atoms with van der Waals surface area (Å²) >= 11 is 0. The van der Waals surface area contributed by atoms with E-state index in [2.05, 4.69) is 41.3 Å². The minimum Gasteiger partial charge on any atom is -0.291 e. The van der Waals surface area contributed by atoms with Crippen LogP contribution in [-0.2, 0) is 5.41 Å². The molecule has 5 heteroatoms. The molecule has 1 aromatic carbocycles. The van der Waals surface area contributed by atoms with E-state index in [0.717, 1.165) is 5.56 Å². The Morgan fingerprint density at radius 2 is 2.00 bits per heavy atom. The van der Waals surface area contributed by atoms with Crippen LogP contribution in [0.5, 0.6) is 0 Å². The van der Waals surface area contributed by atoms with Gasteiger partial charge in [0.2, 0.25) is 5.95 Å². The number of nitrogens with one attached hydrogen (secondary N) is 2. The third kappa shape index (κ3) is 2.56. The molecule has 0 fully saturated rings. The summed E-state index contributed by atoms with van der Waals surface area (Å²) in [5.41, 5.74) is 1.57. The number of rotatable bonds is 2. The van der Waals surface area contributed by atoms with Gasteiger partial charge in [0.15, 0.2) is 0 Å². The molecule has 0 saturated carbocycles. The number of aromatic amines is 1. The second-order valence-electron chi connectivity index (χ2n) is 5.08. The van der Waals surface area contributed by atoms with Crippen molar-refractivity contribution < 1.29 is 4.79 Å². The van der Waals surface area contributed by atoms with E-state index < -0.39 is 0 Å². The minimum atomic E-state index is -0.183. The van der Waals surface area contributed by atoms with Gasteiger partial charge in [-0.25, -0.2) is 5.10 Å². The van der Waals surface area contributed by atoms with Gasteiger partial charge in [-0.1, -0.05) is 39.0 Å². The Balaban J connectivity index is 2.31. The van der Waals surface area contributed by atoms with E-state index >= 15 is 0 Å². The number of carbonyl (C=O) groups excluding carboxylic acids is 1. The van der Waals surface area contributed by atoms with Crippen LogP contribution in [0.25, 0.3) is 0 Å². The molecule has 94 valence electrons. The van der Waals surface area contributed by atoms with E-state index in [1.165, 1.54) is 6.33 Å². The Hall–Kier alpha value is -2.17. The second-order valence-corrected chi connectivity index (χ2v) is 5.08. The van der Waals surface area contributed by atoms with Crippen molar-refractivity contribution >= 4 is 11.9 Å². The molecule has 2 N–H and O–H groups in total. The van der Waals surface area contributed by atoms with Crippen LogP contribution in [0.15, 0.2) is 30.6 Å². The summed E-state index contributed by atoms with van der Waals surface area (Å²) in [6, 6.07) is 7.57. The van der Waals surface area contributed by atoms with Crippen molar-refractivity contribution in [1.29, 1.82) is 0 Å². The molecule has 1 amide bonds. The molecular weight excluding hydrogens is 228 g/mol. The zero-order valence-electron chi connectivity index (χ0n) is 10.7. The molecule has 0 spiro atoms. The largest absolute Gasteiger partial charge is 0.291 e. The normalized spacial score (nSPS) is 11.3. The number of amides is 1. The molecule has 0 bridgehead atoms. The van der Waals surface area contributed by atoms with Crippen LogP contribution >= 0.6 is 0 Å². The highest BCUT2D eigenvalue weighted by atomic mass is 16.1. The van der Waals surface area contributed by atoms with E-state index in [9.17, 15) is 4.79 Å². The number of benzene rings is 1. The second kappa shape index (κ2) is 4.60. The predicted molar refractivity (Wildman–Crippen MR) is 69.5 cm³/mol. The topological polar surface area (TPSA) is 70.7 Å². The first kappa shape index (κ1) is 12.3. The fraction of sp³-hybridized carbons (Fsp3) is 0.308. The van der Waals surface area contributed by atoms with Crippen LogP contribution in [-0.4, -0.2) is 21.1 Å². The average Bonchev–Trinajstić information content (AvgIpc) is 2.80. The third-order valence-electron chi connectivity index (χ3n) is 2.63. The van der Waals surface area contributed by atoms with E-state index in [0.29, 0.717) is 11.5 Å². The van der Waals surface area contributed by atoms with Crippen LogP contribution in [0.1, 0.15) is 36.7 Å². The van der Waals surface area contributed by atoms with Gasteiger partial charge in [-0.15, -0.1) is 0 Å². The summed E-state index contributed by atoms with van der Waals surface area (Å²) in [6.07, 6.45) is 1.35. The van der Waals surface area contributed by atoms with Gasteiger partial charge in [-0.2, -0.15) is 10.1 Å². The Kier molecular flexibility index (Phi) is 3.14. The predicted octanol–water partition coefficient (Wildman–Crippen LogP) is 2.35. The summed E-state index contributed by atoms with van der Waals surface area (Å²) in [6.45, 7) is 6.23. The van der Waals surface area contributed by atoms with Crippen molar-refractivity contribution in [1.82, 2.24) is 15.2 Å². The van der Waals surface area contributed by atoms with Gasteiger partial charge in [-0.3, -0.25) is 10.1 Å².